The van der Waals surface area contributed by atoms with E-state index in [2.05, 4.69) is 33.9 Å². The van der Waals surface area contributed by atoms with Gasteiger partial charge in [0.1, 0.15) is 5.82 Å². The van der Waals surface area contributed by atoms with Crippen molar-refractivity contribution in [1.82, 2.24) is 19.8 Å². The van der Waals surface area contributed by atoms with Crippen LogP contribution in [0.1, 0.15) is 11.3 Å². The Morgan fingerprint density at radius 1 is 1.21 bits per heavy atom. The fourth-order valence-electron chi connectivity index (χ4n) is 4.82. The molecular formula is C23H29N5O. The van der Waals surface area contributed by atoms with E-state index in [4.69, 9.17) is 0 Å². The molecule has 2 saturated heterocycles. The fraction of sp³-hybridized carbons (Fsp3) is 0.435. The van der Waals surface area contributed by atoms with Gasteiger partial charge in [-0.1, -0.05) is 30.3 Å². The largest absolute Gasteiger partial charge is 0.354 e. The third-order valence-corrected chi connectivity index (χ3v) is 5.99. The van der Waals surface area contributed by atoms with Crippen LogP contribution in [0.25, 0.3) is 6.08 Å². The van der Waals surface area contributed by atoms with Gasteiger partial charge < -0.3 is 14.7 Å². The number of nitrogens with zero attached hydrogens (tertiary/aromatic N) is 5. The van der Waals surface area contributed by atoms with Crippen LogP contribution in [0.4, 0.5) is 5.82 Å². The highest BCUT2D eigenvalue weighted by Crippen LogP contribution is 2.44. The first-order valence-electron chi connectivity index (χ1n) is 10.2. The lowest BCUT2D eigenvalue weighted by Crippen LogP contribution is -2.42. The van der Waals surface area contributed by atoms with E-state index in [9.17, 15) is 4.79 Å². The van der Waals surface area contributed by atoms with Crippen LogP contribution < -0.4 is 4.90 Å². The monoisotopic (exact) mass is 391 g/mol. The van der Waals surface area contributed by atoms with Crippen molar-refractivity contribution in [2.24, 2.45) is 11.3 Å². The molecule has 0 saturated carbocycles. The predicted octanol–water partition coefficient (Wildman–Crippen LogP) is 2.32. The number of hydrogen-bond donors (Lipinski definition) is 0. The summed E-state index contributed by atoms with van der Waals surface area (Å²) in [5.74, 6) is 1.48. The van der Waals surface area contributed by atoms with Gasteiger partial charge in [0.15, 0.2) is 0 Å². The number of rotatable bonds is 5. The average Bonchev–Trinajstić information content (AvgIpc) is 3.20. The van der Waals surface area contributed by atoms with Crippen LogP contribution in [0.3, 0.4) is 0 Å². The minimum atomic E-state index is 0.0607. The number of likely N-dealkylation sites (tertiary alicyclic amines) is 1. The van der Waals surface area contributed by atoms with Gasteiger partial charge in [-0.15, -0.1) is 0 Å². The summed E-state index contributed by atoms with van der Waals surface area (Å²) in [4.78, 5) is 28.5. The lowest BCUT2D eigenvalue weighted by atomic mass is 9.80. The maximum Gasteiger partial charge on any atom is 0.246 e. The van der Waals surface area contributed by atoms with E-state index in [0.717, 1.165) is 49.8 Å². The summed E-state index contributed by atoms with van der Waals surface area (Å²) >= 11 is 0. The number of hydrogen-bond acceptors (Lipinski definition) is 5. The van der Waals surface area contributed by atoms with Gasteiger partial charge in [-0.05, 0) is 32.7 Å². The van der Waals surface area contributed by atoms with E-state index in [1.807, 2.05) is 54.4 Å². The molecule has 2 aliphatic heterocycles. The van der Waals surface area contributed by atoms with Crippen LogP contribution in [0.5, 0.6) is 0 Å². The zero-order valence-corrected chi connectivity index (χ0v) is 17.5. The number of amides is 1. The standard InChI is InChI=1S/C23H29N5O/c1-18-11-24-12-21(25-18)27-13-20-14-28(17-23(20,16-27)15-26(2)3)22(29)10-9-19-7-5-4-6-8-19/h4-12,20H,13-17H2,1-3H3/t20-,23+/m0/s1. The fourth-order valence-corrected chi connectivity index (χ4v) is 4.82. The molecule has 3 heterocycles. The van der Waals surface area contributed by atoms with Gasteiger partial charge in [0.2, 0.25) is 5.91 Å². The predicted molar refractivity (Wildman–Crippen MR) is 116 cm³/mol. The molecule has 6 heteroatoms. The van der Waals surface area contributed by atoms with Gasteiger partial charge in [-0.25, -0.2) is 4.98 Å². The highest BCUT2D eigenvalue weighted by Gasteiger charge is 2.53. The lowest BCUT2D eigenvalue weighted by Gasteiger charge is -2.32. The zero-order valence-electron chi connectivity index (χ0n) is 17.5. The molecule has 0 aliphatic carbocycles. The summed E-state index contributed by atoms with van der Waals surface area (Å²) in [5, 5.41) is 0. The molecule has 0 unspecified atom stereocenters. The highest BCUT2D eigenvalue weighted by molar-refractivity contribution is 5.92. The van der Waals surface area contributed by atoms with Crippen molar-refractivity contribution in [1.29, 1.82) is 0 Å². The lowest BCUT2D eigenvalue weighted by molar-refractivity contribution is -0.125. The molecule has 2 aliphatic rings. The molecule has 2 aromatic rings. The molecule has 1 aromatic heterocycles. The quantitative estimate of drug-likeness (QED) is 0.733. The van der Waals surface area contributed by atoms with Crippen LogP contribution in [0.15, 0.2) is 48.8 Å². The van der Waals surface area contributed by atoms with E-state index < -0.39 is 0 Å². The maximum absolute atomic E-state index is 12.9. The zero-order chi connectivity index (χ0) is 20.4. The molecule has 6 nitrogen and oxygen atoms in total. The molecule has 4 rings (SSSR count). The van der Waals surface area contributed by atoms with Crippen LogP contribution in [-0.2, 0) is 4.79 Å². The number of aromatic nitrogens is 2. The van der Waals surface area contributed by atoms with E-state index in [0.29, 0.717) is 5.92 Å². The molecule has 1 amide bonds. The Balaban J connectivity index is 1.50. The van der Waals surface area contributed by atoms with E-state index in [1.54, 1.807) is 12.3 Å². The van der Waals surface area contributed by atoms with Crippen molar-refractivity contribution in [2.75, 3.05) is 51.7 Å². The number of carbonyl (C=O) groups is 1. The third-order valence-electron chi connectivity index (χ3n) is 5.99. The number of carbonyl (C=O) groups excluding carboxylic acids is 1. The first-order valence-corrected chi connectivity index (χ1v) is 10.2. The molecule has 2 fully saturated rings. The minimum Gasteiger partial charge on any atom is -0.354 e. The van der Waals surface area contributed by atoms with Gasteiger partial charge in [-0.3, -0.25) is 9.78 Å². The maximum atomic E-state index is 12.9. The molecule has 29 heavy (non-hydrogen) atoms. The van der Waals surface area contributed by atoms with Crippen molar-refractivity contribution in [3.8, 4) is 0 Å². The van der Waals surface area contributed by atoms with Gasteiger partial charge in [-0.2, -0.15) is 0 Å². The van der Waals surface area contributed by atoms with Crippen molar-refractivity contribution in [3.05, 3.63) is 60.1 Å². The van der Waals surface area contributed by atoms with Crippen LogP contribution in [0, 0.1) is 18.3 Å². The first-order chi connectivity index (χ1) is 13.9. The summed E-state index contributed by atoms with van der Waals surface area (Å²) in [6.45, 7) is 6.32. The molecule has 0 N–H and O–H groups in total. The van der Waals surface area contributed by atoms with Gasteiger partial charge >= 0.3 is 0 Å². The molecular weight excluding hydrogens is 362 g/mol. The second-order valence-electron chi connectivity index (χ2n) is 8.66. The van der Waals surface area contributed by atoms with Crippen molar-refractivity contribution < 1.29 is 4.79 Å². The Morgan fingerprint density at radius 3 is 2.72 bits per heavy atom. The Bertz CT molecular complexity index is 897. The van der Waals surface area contributed by atoms with Crippen LogP contribution in [-0.4, -0.2) is 72.5 Å². The van der Waals surface area contributed by atoms with Crippen molar-refractivity contribution >= 4 is 17.8 Å². The normalized spacial score (nSPS) is 23.9. The second kappa shape index (κ2) is 7.95. The first kappa shape index (κ1) is 19.6. The van der Waals surface area contributed by atoms with Gasteiger partial charge in [0, 0.05) is 56.3 Å². The number of benzene rings is 1. The topological polar surface area (TPSA) is 52.6 Å². The van der Waals surface area contributed by atoms with E-state index in [1.165, 1.54) is 0 Å². The Hall–Kier alpha value is -2.73. The highest BCUT2D eigenvalue weighted by atomic mass is 16.2. The minimum absolute atomic E-state index is 0.0607. The Kier molecular flexibility index (Phi) is 5.37. The smallest absolute Gasteiger partial charge is 0.246 e. The Labute approximate surface area is 172 Å². The number of fused-ring (bicyclic) bond motifs is 1. The van der Waals surface area contributed by atoms with Crippen molar-refractivity contribution in [3.63, 3.8) is 0 Å². The second-order valence-corrected chi connectivity index (χ2v) is 8.66. The molecule has 0 spiro atoms. The van der Waals surface area contributed by atoms with E-state index in [-0.39, 0.29) is 11.3 Å². The van der Waals surface area contributed by atoms with Crippen LogP contribution >= 0.6 is 0 Å². The van der Waals surface area contributed by atoms with Gasteiger partial charge in [0.25, 0.3) is 0 Å². The summed E-state index contributed by atoms with van der Waals surface area (Å²) in [6, 6.07) is 9.97. The number of anilines is 1. The van der Waals surface area contributed by atoms with Crippen molar-refractivity contribution in [2.45, 2.75) is 6.92 Å². The molecule has 1 aromatic carbocycles. The number of aryl methyl sites for hydroxylation is 1. The molecule has 2 atom stereocenters. The van der Waals surface area contributed by atoms with Crippen LogP contribution in [0.2, 0.25) is 0 Å². The van der Waals surface area contributed by atoms with E-state index >= 15 is 0 Å². The summed E-state index contributed by atoms with van der Waals surface area (Å²) < 4.78 is 0. The molecule has 0 radical (unpaired) electrons. The summed E-state index contributed by atoms with van der Waals surface area (Å²) in [5.41, 5.74) is 2.04. The average molecular weight is 392 g/mol. The SMILES string of the molecule is Cc1cncc(N2C[C@H]3CN(C(=O)C=Cc4ccccc4)C[C@@]3(CN(C)C)C2)n1. The molecule has 0 bridgehead atoms. The Morgan fingerprint density at radius 2 is 2.00 bits per heavy atom. The van der Waals surface area contributed by atoms with Gasteiger partial charge in [0.05, 0.1) is 11.9 Å². The summed E-state index contributed by atoms with van der Waals surface area (Å²) in [6.07, 6.45) is 7.26. The summed E-state index contributed by atoms with van der Waals surface area (Å²) in [7, 11) is 4.22. The molecule has 152 valence electrons. The third kappa shape index (κ3) is 4.17.